The van der Waals surface area contributed by atoms with Gasteiger partial charge in [0.15, 0.2) is 5.58 Å². The first kappa shape index (κ1) is 22.7. The lowest BCUT2D eigenvalue weighted by Gasteiger charge is -2.32. The van der Waals surface area contributed by atoms with Crippen LogP contribution in [-0.4, -0.2) is 23.3 Å². The standard InChI is InChI=1S/C31H26BNO3S/c1-30(2)31(3,4)36-32(35-30)24-9-7-8-22-23-18-21(16-17-27(23)37-28(22)24)19-12-14-20(15-13-19)29-33-25-10-5-6-11-26(25)34-29/h5-18H,1-4H3. The molecule has 0 aliphatic carbocycles. The second-order valence-electron chi connectivity index (χ2n) is 10.7. The van der Waals surface area contributed by atoms with Crippen LogP contribution in [0.5, 0.6) is 0 Å². The summed E-state index contributed by atoms with van der Waals surface area (Å²) in [6.07, 6.45) is 0. The first-order valence-electron chi connectivity index (χ1n) is 12.6. The van der Waals surface area contributed by atoms with Gasteiger partial charge in [-0.05, 0) is 80.6 Å². The minimum atomic E-state index is -0.374. The first-order valence-corrected chi connectivity index (χ1v) is 13.4. The summed E-state index contributed by atoms with van der Waals surface area (Å²) in [6.45, 7) is 8.39. The number of hydrogen-bond acceptors (Lipinski definition) is 5. The highest BCUT2D eigenvalue weighted by molar-refractivity contribution is 7.27. The van der Waals surface area contributed by atoms with Crippen molar-refractivity contribution in [1.82, 2.24) is 4.98 Å². The molecule has 7 rings (SSSR count). The quantitative estimate of drug-likeness (QED) is 0.231. The van der Waals surface area contributed by atoms with E-state index in [9.17, 15) is 0 Å². The number of thiophene rings is 1. The normalized spacial score (nSPS) is 16.8. The van der Waals surface area contributed by atoms with Gasteiger partial charge in [-0.1, -0.05) is 48.5 Å². The molecule has 1 saturated heterocycles. The van der Waals surface area contributed by atoms with E-state index < -0.39 is 0 Å². The topological polar surface area (TPSA) is 44.5 Å². The summed E-state index contributed by atoms with van der Waals surface area (Å²) in [5, 5.41) is 2.48. The highest BCUT2D eigenvalue weighted by Gasteiger charge is 2.52. The van der Waals surface area contributed by atoms with Gasteiger partial charge in [-0.25, -0.2) is 4.98 Å². The molecule has 6 heteroatoms. The Kier molecular flexibility index (Phi) is 4.93. The fraction of sp³-hybridized carbons (Fsp3) is 0.194. The number of rotatable bonds is 3. The lowest BCUT2D eigenvalue weighted by molar-refractivity contribution is 0.00578. The Bertz CT molecular complexity index is 1750. The zero-order chi connectivity index (χ0) is 25.4. The Morgan fingerprint density at radius 2 is 1.41 bits per heavy atom. The number of oxazole rings is 1. The van der Waals surface area contributed by atoms with Crippen molar-refractivity contribution in [3.8, 4) is 22.6 Å². The molecule has 0 unspecified atom stereocenters. The predicted molar refractivity (Wildman–Crippen MR) is 153 cm³/mol. The number of hydrogen-bond donors (Lipinski definition) is 0. The van der Waals surface area contributed by atoms with Crippen LogP contribution in [0.15, 0.2) is 89.3 Å². The van der Waals surface area contributed by atoms with Crippen LogP contribution in [-0.2, 0) is 9.31 Å². The smallest absolute Gasteiger partial charge is 0.436 e. The van der Waals surface area contributed by atoms with E-state index in [0.717, 1.165) is 27.7 Å². The molecule has 0 atom stereocenters. The Hall–Kier alpha value is -3.45. The maximum absolute atomic E-state index is 6.39. The van der Waals surface area contributed by atoms with E-state index in [1.165, 1.54) is 25.7 Å². The molecule has 0 spiro atoms. The van der Waals surface area contributed by atoms with Gasteiger partial charge in [0.1, 0.15) is 5.52 Å². The summed E-state index contributed by atoms with van der Waals surface area (Å²) < 4.78 is 21.2. The third kappa shape index (κ3) is 3.63. The van der Waals surface area contributed by atoms with E-state index in [1.807, 2.05) is 24.3 Å². The molecule has 37 heavy (non-hydrogen) atoms. The van der Waals surface area contributed by atoms with Gasteiger partial charge in [0.25, 0.3) is 0 Å². The van der Waals surface area contributed by atoms with Gasteiger partial charge in [-0.2, -0.15) is 0 Å². The van der Waals surface area contributed by atoms with E-state index >= 15 is 0 Å². The van der Waals surface area contributed by atoms with Crippen LogP contribution in [0, 0.1) is 0 Å². The Labute approximate surface area is 220 Å². The molecule has 4 nitrogen and oxygen atoms in total. The van der Waals surface area contributed by atoms with E-state index in [-0.39, 0.29) is 18.3 Å². The van der Waals surface area contributed by atoms with Crippen molar-refractivity contribution in [3.05, 3.63) is 84.9 Å². The first-order chi connectivity index (χ1) is 17.8. The van der Waals surface area contributed by atoms with E-state index in [2.05, 4.69) is 93.3 Å². The van der Waals surface area contributed by atoms with Crippen LogP contribution in [0.2, 0.25) is 0 Å². The SMILES string of the molecule is CC1(C)OB(c2cccc3c2sc2ccc(-c4ccc(-c5nc6ccccc6o5)cc4)cc23)OC1(C)C. The lowest BCUT2D eigenvalue weighted by atomic mass is 9.78. The molecule has 182 valence electrons. The van der Waals surface area contributed by atoms with Crippen LogP contribution >= 0.6 is 11.3 Å². The van der Waals surface area contributed by atoms with Crippen LogP contribution < -0.4 is 5.46 Å². The van der Waals surface area contributed by atoms with Crippen molar-refractivity contribution in [1.29, 1.82) is 0 Å². The summed E-state index contributed by atoms with van der Waals surface area (Å²) in [4.78, 5) is 4.63. The second kappa shape index (κ2) is 8.03. The second-order valence-corrected chi connectivity index (χ2v) is 11.7. The van der Waals surface area contributed by atoms with E-state index in [4.69, 9.17) is 13.7 Å². The zero-order valence-electron chi connectivity index (χ0n) is 21.2. The molecule has 1 aliphatic rings. The molecule has 0 saturated carbocycles. The average molecular weight is 503 g/mol. The van der Waals surface area contributed by atoms with Gasteiger partial charge in [0.05, 0.1) is 11.2 Å². The molecule has 4 aromatic carbocycles. The van der Waals surface area contributed by atoms with Crippen LogP contribution in [0.1, 0.15) is 27.7 Å². The van der Waals surface area contributed by atoms with Crippen LogP contribution in [0.3, 0.4) is 0 Å². The van der Waals surface area contributed by atoms with Crippen molar-refractivity contribution in [2.24, 2.45) is 0 Å². The van der Waals surface area contributed by atoms with Crippen molar-refractivity contribution in [3.63, 3.8) is 0 Å². The van der Waals surface area contributed by atoms with Crippen molar-refractivity contribution < 1.29 is 13.7 Å². The molecule has 1 aliphatic heterocycles. The molecular weight excluding hydrogens is 477 g/mol. The molecule has 1 fully saturated rings. The van der Waals surface area contributed by atoms with Crippen molar-refractivity contribution in [2.45, 2.75) is 38.9 Å². The summed E-state index contributed by atoms with van der Waals surface area (Å²) >= 11 is 1.80. The minimum Gasteiger partial charge on any atom is -0.436 e. The molecule has 6 aromatic rings. The fourth-order valence-electron chi connectivity index (χ4n) is 4.96. The Morgan fingerprint density at radius 3 is 2.16 bits per heavy atom. The Morgan fingerprint density at radius 1 is 0.703 bits per heavy atom. The largest absolute Gasteiger partial charge is 0.496 e. The summed E-state index contributed by atoms with van der Waals surface area (Å²) in [6, 6.07) is 29.4. The molecule has 0 radical (unpaired) electrons. The maximum Gasteiger partial charge on any atom is 0.496 e. The minimum absolute atomic E-state index is 0.367. The summed E-state index contributed by atoms with van der Waals surface area (Å²) in [5.41, 5.74) is 5.34. The average Bonchev–Trinajstić information content (AvgIpc) is 3.55. The fourth-order valence-corrected chi connectivity index (χ4v) is 6.16. The van der Waals surface area contributed by atoms with Crippen LogP contribution in [0.4, 0.5) is 0 Å². The third-order valence-electron chi connectivity index (χ3n) is 7.79. The Balaban J connectivity index is 1.25. The van der Waals surface area contributed by atoms with Gasteiger partial charge < -0.3 is 13.7 Å². The number of benzene rings is 4. The monoisotopic (exact) mass is 503 g/mol. The van der Waals surface area contributed by atoms with Gasteiger partial charge in [0.2, 0.25) is 5.89 Å². The van der Waals surface area contributed by atoms with Gasteiger partial charge in [0, 0.05) is 25.8 Å². The number of fused-ring (bicyclic) bond motifs is 4. The number of aromatic nitrogens is 1. The molecule has 0 bridgehead atoms. The van der Waals surface area contributed by atoms with Crippen molar-refractivity contribution >= 4 is 55.2 Å². The van der Waals surface area contributed by atoms with E-state index in [0.29, 0.717) is 5.89 Å². The molecule has 2 aromatic heterocycles. The van der Waals surface area contributed by atoms with Crippen molar-refractivity contribution in [2.75, 3.05) is 0 Å². The highest BCUT2D eigenvalue weighted by atomic mass is 32.1. The van der Waals surface area contributed by atoms with Gasteiger partial charge >= 0.3 is 7.12 Å². The summed E-state index contributed by atoms with van der Waals surface area (Å²) in [7, 11) is -0.374. The zero-order valence-corrected chi connectivity index (χ0v) is 22.1. The maximum atomic E-state index is 6.39. The summed E-state index contributed by atoms with van der Waals surface area (Å²) in [5.74, 6) is 0.641. The molecular formula is C31H26BNO3S. The van der Waals surface area contributed by atoms with Gasteiger partial charge in [-0.3, -0.25) is 0 Å². The van der Waals surface area contributed by atoms with E-state index in [1.54, 1.807) is 11.3 Å². The number of nitrogens with zero attached hydrogens (tertiary/aromatic N) is 1. The molecule has 0 N–H and O–H groups in total. The highest BCUT2D eigenvalue weighted by Crippen LogP contribution is 2.40. The van der Waals surface area contributed by atoms with Crippen LogP contribution in [0.25, 0.3) is 53.9 Å². The lowest BCUT2D eigenvalue weighted by Crippen LogP contribution is -2.41. The molecule has 3 heterocycles. The van der Waals surface area contributed by atoms with Gasteiger partial charge in [-0.15, -0.1) is 11.3 Å². The predicted octanol–water partition coefficient (Wildman–Crippen LogP) is 7.83. The molecule has 0 amide bonds. The third-order valence-corrected chi connectivity index (χ3v) is 9.03. The number of para-hydroxylation sites is 2.